The Bertz CT molecular complexity index is 1030. The van der Waals surface area contributed by atoms with Crippen molar-refractivity contribution in [1.29, 1.82) is 0 Å². The van der Waals surface area contributed by atoms with Crippen molar-refractivity contribution >= 4 is 29.0 Å². The Labute approximate surface area is 209 Å². The summed E-state index contributed by atoms with van der Waals surface area (Å²) >= 11 is 1.53. The topological polar surface area (TPSA) is 77.5 Å². The monoisotopic (exact) mass is 501 g/mol. The number of thiophene rings is 1. The number of carbonyl (C=O) groups excluding carboxylic acids is 2. The Morgan fingerprint density at radius 3 is 2.74 bits per heavy atom. The van der Waals surface area contributed by atoms with Crippen LogP contribution in [0.3, 0.4) is 0 Å². The third kappa shape index (κ3) is 6.45. The van der Waals surface area contributed by atoms with Crippen LogP contribution < -0.4 is 5.32 Å². The van der Waals surface area contributed by atoms with E-state index in [2.05, 4.69) is 15.3 Å². The maximum Gasteiger partial charge on any atom is 0.317 e. The number of amides is 3. The lowest BCUT2D eigenvalue weighted by molar-refractivity contribution is -0.133. The highest BCUT2D eigenvalue weighted by Gasteiger charge is 2.36. The van der Waals surface area contributed by atoms with E-state index in [4.69, 9.17) is 4.74 Å². The maximum atomic E-state index is 14.7. The molecule has 2 aliphatic heterocycles. The van der Waals surface area contributed by atoms with Crippen molar-refractivity contribution in [3.63, 3.8) is 0 Å². The molecular formula is C25H32FN5O3S. The van der Waals surface area contributed by atoms with Crippen LogP contribution in [0.15, 0.2) is 46.9 Å². The summed E-state index contributed by atoms with van der Waals surface area (Å²) in [6, 6.07) is 9.52. The van der Waals surface area contributed by atoms with E-state index in [9.17, 15) is 14.0 Å². The van der Waals surface area contributed by atoms with Gasteiger partial charge in [0.1, 0.15) is 12.4 Å². The van der Waals surface area contributed by atoms with E-state index < -0.39 is 6.04 Å². The molecule has 0 saturated carbocycles. The number of nitrogens with zero attached hydrogens (tertiary/aromatic N) is 4. The van der Waals surface area contributed by atoms with Gasteiger partial charge in [0.2, 0.25) is 0 Å². The first-order chi connectivity index (χ1) is 17.1. The minimum atomic E-state index is -0.555. The van der Waals surface area contributed by atoms with Crippen molar-refractivity contribution in [2.24, 2.45) is 5.10 Å². The predicted molar refractivity (Wildman–Crippen MR) is 134 cm³/mol. The Balaban J connectivity index is 1.52. The Morgan fingerprint density at radius 2 is 2.03 bits per heavy atom. The number of hydrazone groups is 1. The van der Waals surface area contributed by atoms with Crippen molar-refractivity contribution in [2.75, 3.05) is 52.5 Å². The van der Waals surface area contributed by atoms with E-state index in [-0.39, 0.29) is 24.3 Å². The molecule has 3 heterocycles. The molecule has 1 aromatic heterocycles. The molecule has 1 aromatic carbocycles. The minimum Gasteiger partial charge on any atom is -0.379 e. The molecule has 1 saturated heterocycles. The molecule has 3 amide bonds. The molecule has 10 heteroatoms. The fourth-order valence-electron chi connectivity index (χ4n) is 4.24. The Hall–Kier alpha value is -2.82. The van der Waals surface area contributed by atoms with Crippen molar-refractivity contribution < 1.29 is 18.7 Å². The number of nitrogens with one attached hydrogen (secondary N) is 1. The van der Waals surface area contributed by atoms with Crippen LogP contribution in [-0.4, -0.2) is 84.9 Å². The van der Waals surface area contributed by atoms with E-state index in [0.717, 1.165) is 30.1 Å². The van der Waals surface area contributed by atoms with Gasteiger partial charge in [-0.1, -0.05) is 31.2 Å². The summed E-state index contributed by atoms with van der Waals surface area (Å²) in [5, 5.41) is 10.8. The van der Waals surface area contributed by atoms with Gasteiger partial charge in [-0.2, -0.15) is 5.10 Å². The summed E-state index contributed by atoms with van der Waals surface area (Å²) in [7, 11) is 0. The van der Waals surface area contributed by atoms with Gasteiger partial charge in [-0.25, -0.2) is 14.2 Å². The van der Waals surface area contributed by atoms with E-state index in [0.29, 0.717) is 44.8 Å². The SMILES string of the molecule is CCCNC(=O)N(CCN1CCOCC1)CC(=O)N1N=C(c2cccs2)CC1c1ccccc1F. The Morgan fingerprint density at radius 1 is 1.23 bits per heavy atom. The number of benzene rings is 1. The highest BCUT2D eigenvalue weighted by molar-refractivity contribution is 7.12. The van der Waals surface area contributed by atoms with Crippen LogP contribution >= 0.6 is 11.3 Å². The molecule has 1 fully saturated rings. The van der Waals surface area contributed by atoms with Crippen LogP contribution in [0.25, 0.3) is 0 Å². The highest BCUT2D eigenvalue weighted by atomic mass is 32.1. The van der Waals surface area contributed by atoms with Crippen LogP contribution in [0, 0.1) is 5.82 Å². The first-order valence-electron chi connectivity index (χ1n) is 12.1. The molecule has 0 aliphatic carbocycles. The molecule has 2 aromatic rings. The number of rotatable bonds is 9. The number of halogens is 1. The van der Waals surface area contributed by atoms with Crippen LogP contribution in [0.4, 0.5) is 9.18 Å². The zero-order valence-electron chi connectivity index (χ0n) is 20.0. The fourth-order valence-corrected chi connectivity index (χ4v) is 4.96. The number of ether oxygens (including phenoxy) is 1. The number of carbonyl (C=O) groups is 2. The molecule has 4 rings (SSSR count). The van der Waals surface area contributed by atoms with Gasteiger partial charge in [0.05, 0.1) is 29.8 Å². The van der Waals surface area contributed by atoms with Gasteiger partial charge < -0.3 is 15.0 Å². The van der Waals surface area contributed by atoms with Gasteiger partial charge in [-0.15, -0.1) is 11.3 Å². The quantitative estimate of drug-likeness (QED) is 0.572. The van der Waals surface area contributed by atoms with Gasteiger partial charge in [-0.05, 0) is 23.9 Å². The lowest BCUT2D eigenvalue weighted by atomic mass is 10.0. The maximum absolute atomic E-state index is 14.7. The summed E-state index contributed by atoms with van der Waals surface area (Å²) in [5.41, 5.74) is 1.17. The van der Waals surface area contributed by atoms with E-state index in [1.165, 1.54) is 27.3 Å². The van der Waals surface area contributed by atoms with E-state index in [1.807, 2.05) is 24.4 Å². The van der Waals surface area contributed by atoms with Gasteiger partial charge >= 0.3 is 6.03 Å². The van der Waals surface area contributed by atoms with Crippen molar-refractivity contribution in [3.05, 3.63) is 58.0 Å². The molecular weight excluding hydrogens is 469 g/mol. The lowest BCUT2D eigenvalue weighted by Gasteiger charge is -2.31. The molecule has 0 radical (unpaired) electrons. The molecule has 8 nitrogen and oxygen atoms in total. The predicted octanol–water partition coefficient (Wildman–Crippen LogP) is 3.32. The first kappa shape index (κ1) is 25.3. The number of urea groups is 1. The van der Waals surface area contributed by atoms with Gasteiger partial charge in [-0.3, -0.25) is 9.69 Å². The second-order valence-corrected chi connectivity index (χ2v) is 9.56. The first-order valence-corrected chi connectivity index (χ1v) is 13.0. The molecule has 0 bridgehead atoms. The zero-order valence-corrected chi connectivity index (χ0v) is 20.8. The summed E-state index contributed by atoms with van der Waals surface area (Å²) < 4.78 is 20.1. The van der Waals surface area contributed by atoms with E-state index in [1.54, 1.807) is 18.2 Å². The molecule has 1 N–H and O–H groups in total. The third-order valence-electron chi connectivity index (χ3n) is 6.17. The second kappa shape index (κ2) is 12.2. The van der Waals surface area contributed by atoms with Crippen molar-refractivity contribution in [3.8, 4) is 0 Å². The molecule has 188 valence electrons. The van der Waals surface area contributed by atoms with Gasteiger partial charge in [0.25, 0.3) is 5.91 Å². The zero-order chi connectivity index (χ0) is 24.6. The summed E-state index contributed by atoms with van der Waals surface area (Å²) in [5.74, 6) is -0.707. The van der Waals surface area contributed by atoms with Crippen LogP contribution in [0.1, 0.15) is 36.2 Å². The Kier molecular flexibility index (Phi) is 8.84. The average Bonchev–Trinajstić information content (AvgIpc) is 3.56. The average molecular weight is 502 g/mol. The van der Waals surface area contributed by atoms with Crippen LogP contribution in [-0.2, 0) is 9.53 Å². The van der Waals surface area contributed by atoms with Crippen LogP contribution in [0.5, 0.6) is 0 Å². The lowest BCUT2D eigenvalue weighted by Crippen LogP contribution is -2.49. The highest BCUT2D eigenvalue weighted by Crippen LogP contribution is 2.35. The molecule has 0 spiro atoms. The van der Waals surface area contributed by atoms with Crippen LogP contribution in [0.2, 0.25) is 0 Å². The second-order valence-electron chi connectivity index (χ2n) is 8.61. The number of morpholine rings is 1. The summed E-state index contributed by atoms with van der Waals surface area (Å²) in [4.78, 5) is 31.1. The number of hydrogen-bond acceptors (Lipinski definition) is 6. The van der Waals surface area contributed by atoms with Gasteiger partial charge in [0, 0.05) is 44.7 Å². The minimum absolute atomic E-state index is 0.133. The normalized spacial score (nSPS) is 18.4. The molecule has 35 heavy (non-hydrogen) atoms. The van der Waals surface area contributed by atoms with Crippen molar-refractivity contribution in [1.82, 2.24) is 20.1 Å². The largest absolute Gasteiger partial charge is 0.379 e. The molecule has 1 atom stereocenters. The van der Waals surface area contributed by atoms with Gasteiger partial charge in [0.15, 0.2) is 0 Å². The third-order valence-corrected chi connectivity index (χ3v) is 7.08. The molecule has 2 aliphatic rings. The smallest absolute Gasteiger partial charge is 0.317 e. The van der Waals surface area contributed by atoms with Crippen molar-refractivity contribution in [2.45, 2.75) is 25.8 Å². The standard InChI is InChI=1S/C25H32FN5O3S/c1-2-9-27-25(33)30(11-10-29-12-14-34-15-13-29)18-24(32)31-22(19-6-3-4-7-20(19)26)17-21(28-31)23-8-5-16-35-23/h3-8,16,22H,2,9-15,17-18H2,1H3,(H,27,33). The summed E-state index contributed by atoms with van der Waals surface area (Å²) in [6.45, 7) is 6.36. The number of hydrogen-bond donors (Lipinski definition) is 1. The molecule has 1 unspecified atom stereocenters. The fraction of sp³-hybridized carbons (Fsp3) is 0.480. The summed E-state index contributed by atoms with van der Waals surface area (Å²) in [6.07, 6.45) is 1.22. The van der Waals surface area contributed by atoms with E-state index >= 15 is 0 Å².